The molecule has 2 atom stereocenters. The van der Waals surface area contributed by atoms with E-state index in [-0.39, 0.29) is 12.5 Å². The molecular weight excluding hydrogens is 459 g/mol. The maximum atomic E-state index is 12.7. The summed E-state index contributed by atoms with van der Waals surface area (Å²) in [5.74, 6) is -0.284. The third-order valence-electron chi connectivity index (χ3n) is 4.96. The van der Waals surface area contributed by atoms with Gasteiger partial charge in [-0.3, -0.25) is 9.36 Å². The summed E-state index contributed by atoms with van der Waals surface area (Å²) < 4.78 is 22.6. The molecule has 0 spiro atoms. The van der Waals surface area contributed by atoms with E-state index in [1.165, 1.54) is 0 Å². The van der Waals surface area contributed by atoms with Gasteiger partial charge in [-0.1, -0.05) is 24.3 Å². The van der Waals surface area contributed by atoms with Crippen LogP contribution in [0.3, 0.4) is 0 Å². The lowest BCUT2D eigenvalue weighted by Crippen LogP contribution is -2.20. The van der Waals surface area contributed by atoms with Crippen molar-refractivity contribution in [1.29, 1.82) is 0 Å². The zero-order valence-corrected chi connectivity index (χ0v) is 20.6. The first-order valence-electron chi connectivity index (χ1n) is 10.5. The van der Waals surface area contributed by atoms with Gasteiger partial charge in [-0.15, -0.1) is 11.3 Å². The predicted octanol–water partition coefficient (Wildman–Crippen LogP) is 5.89. The van der Waals surface area contributed by atoms with Gasteiger partial charge in [-0.25, -0.2) is 0 Å². The summed E-state index contributed by atoms with van der Waals surface area (Å²) >= 11 is 1.61. The second kappa shape index (κ2) is 11.1. The largest absolute Gasteiger partial charge is 0.397 e. The normalized spacial score (nSPS) is 13.5. The summed E-state index contributed by atoms with van der Waals surface area (Å²) in [4.78, 5) is 13.8. The molecule has 0 aliphatic carbocycles. The molecule has 33 heavy (non-hydrogen) atoms. The summed E-state index contributed by atoms with van der Waals surface area (Å²) in [5, 5.41) is 14.5. The molecular formula is C24H29N2O5PS. The van der Waals surface area contributed by atoms with Crippen LogP contribution >= 0.6 is 19.6 Å². The van der Waals surface area contributed by atoms with E-state index in [9.17, 15) is 14.5 Å². The van der Waals surface area contributed by atoms with Gasteiger partial charge < -0.3 is 25.2 Å². The van der Waals surface area contributed by atoms with Crippen LogP contribution in [-0.2, 0) is 13.6 Å². The van der Waals surface area contributed by atoms with Crippen molar-refractivity contribution in [3.8, 4) is 10.4 Å². The molecule has 1 aromatic heterocycles. The number of hydrogen-bond acceptors (Lipinski definition) is 7. The van der Waals surface area contributed by atoms with Crippen molar-refractivity contribution in [3.05, 3.63) is 71.1 Å². The van der Waals surface area contributed by atoms with Crippen LogP contribution in [-0.4, -0.2) is 23.2 Å². The van der Waals surface area contributed by atoms with Gasteiger partial charge in [0.2, 0.25) is 0 Å². The lowest BCUT2D eigenvalue weighted by Gasteiger charge is -2.17. The summed E-state index contributed by atoms with van der Waals surface area (Å²) in [5.41, 5.74) is 8.40. The molecule has 3 aromatic rings. The van der Waals surface area contributed by atoms with Crippen LogP contribution < -0.4 is 11.1 Å². The van der Waals surface area contributed by atoms with E-state index in [4.69, 9.17) is 14.8 Å². The van der Waals surface area contributed by atoms with E-state index in [2.05, 4.69) is 5.32 Å². The van der Waals surface area contributed by atoms with Crippen molar-refractivity contribution in [3.63, 3.8) is 0 Å². The fraction of sp³-hybridized carbons (Fsp3) is 0.292. The smallest absolute Gasteiger partial charge is 0.319 e. The van der Waals surface area contributed by atoms with Gasteiger partial charge in [0, 0.05) is 10.4 Å². The highest BCUT2D eigenvalue weighted by atomic mass is 32.1. The molecule has 0 aliphatic heterocycles. The molecule has 3 rings (SSSR count). The third-order valence-corrected chi connectivity index (χ3v) is 6.86. The van der Waals surface area contributed by atoms with Crippen molar-refractivity contribution in [2.75, 3.05) is 17.7 Å². The molecule has 0 saturated carbocycles. The van der Waals surface area contributed by atoms with Crippen LogP contribution in [0.5, 0.6) is 0 Å². The Labute approximate surface area is 198 Å². The molecule has 7 nitrogen and oxygen atoms in total. The molecule has 0 radical (unpaired) electrons. The Morgan fingerprint density at radius 2 is 1.94 bits per heavy atom. The van der Waals surface area contributed by atoms with Crippen molar-refractivity contribution >= 4 is 36.9 Å². The summed E-state index contributed by atoms with van der Waals surface area (Å²) in [6.07, 6.45) is -0.125. The molecule has 2 unspecified atom stereocenters. The number of aliphatic hydroxyl groups is 1. The van der Waals surface area contributed by atoms with Gasteiger partial charge in [0.1, 0.15) is 0 Å². The monoisotopic (exact) mass is 488 g/mol. The average Bonchev–Trinajstić information content (AvgIpc) is 3.29. The molecule has 176 valence electrons. The van der Waals surface area contributed by atoms with Crippen LogP contribution in [0.25, 0.3) is 10.4 Å². The summed E-state index contributed by atoms with van der Waals surface area (Å²) in [6, 6.07) is 16.4. The Balaban J connectivity index is 1.59. The first-order valence-corrected chi connectivity index (χ1v) is 12.6. The predicted molar refractivity (Wildman–Crippen MR) is 134 cm³/mol. The maximum absolute atomic E-state index is 12.7. The summed E-state index contributed by atoms with van der Waals surface area (Å²) in [7, 11) is -2.71. The minimum absolute atomic E-state index is 0.143. The Morgan fingerprint density at radius 3 is 2.58 bits per heavy atom. The van der Waals surface area contributed by atoms with E-state index in [1.54, 1.807) is 62.4 Å². The van der Waals surface area contributed by atoms with Crippen LogP contribution in [0.2, 0.25) is 0 Å². The molecule has 0 aliphatic rings. The van der Waals surface area contributed by atoms with E-state index in [0.29, 0.717) is 23.4 Å². The van der Waals surface area contributed by atoms with Gasteiger partial charge in [0.15, 0.2) is 0 Å². The molecule has 2 aromatic carbocycles. The zero-order valence-electron chi connectivity index (χ0n) is 18.8. The number of nitrogens with one attached hydrogen (secondary N) is 1. The number of rotatable bonds is 10. The molecule has 4 N–H and O–H groups in total. The molecule has 1 heterocycles. The van der Waals surface area contributed by atoms with Crippen molar-refractivity contribution in [2.45, 2.75) is 38.9 Å². The van der Waals surface area contributed by atoms with E-state index < -0.39 is 20.0 Å². The minimum Gasteiger partial charge on any atom is -0.397 e. The number of amides is 1. The highest BCUT2D eigenvalue weighted by Gasteiger charge is 2.16. The topological polar surface area (TPSA) is 111 Å². The van der Waals surface area contributed by atoms with Gasteiger partial charge >= 0.3 is 8.25 Å². The minimum atomic E-state index is -2.71. The fourth-order valence-electron chi connectivity index (χ4n) is 2.99. The molecule has 9 heteroatoms. The number of nitrogens with two attached hydrogens (primary N) is 1. The summed E-state index contributed by atoms with van der Waals surface area (Å²) in [6.45, 7) is 5.21. The highest BCUT2D eigenvalue weighted by Crippen LogP contribution is 2.34. The first-order chi connectivity index (χ1) is 15.6. The SMILES string of the molecule is CC(O[PH](=O)OCCC(C)(C)O)c1ccc(C(=O)Nc2cc(-c3cccs3)ccc2N)cc1. The number of anilines is 2. The number of carbonyl (C=O) groups excluding carboxylic acids is 1. The van der Waals surface area contributed by atoms with Crippen molar-refractivity contribution < 1.29 is 23.5 Å². The second-order valence-corrected chi connectivity index (χ2v) is 10.2. The standard InChI is InChI=1S/C24H29N2O5PS/c1-16(31-32(29)30-13-12-24(2,3)28)17-6-8-18(9-7-17)23(27)26-21-15-19(10-11-20(21)25)22-5-4-14-33-22/h4-11,14-16,28,32H,12-13,25H2,1-3H3,(H,26,27). The fourth-order valence-corrected chi connectivity index (χ4v) is 4.48. The van der Waals surface area contributed by atoms with E-state index >= 15 is 0 Å². The van der Waals surface area contributed by atoms with Crippen molar-refractivity contribution in [2.24, 2.45) is 0 Å². The van der Waals surface area contributed by atoms with E-state index in [0.717, 1.165) is 16.0 Å². The molecule has 0 bridgehead atoms. The lowest BCUT2D eigenvalue weighted by molar-refractivity contribution is 0.0524. The molecule has 1 amide bonds. The van der Waals surface area contributed by atoms with Crippen molar-refractivity contribution in [1.82, 2.24) is 0 Å². The van der Waals surface area contributed by atoms with Crippen LogP contribution in [0, 0.1) is 0 Å². The first kappa shape index (κ1) is 25.1. The maximum Gasteiger partial charge on any atom is 0.319 e. The third kappa shape index (κ3) is 7.52. The number of nitrogen functional groups attached to an aromatic ring is 1. The Bertz CT molecular complexity index is 1100. The number of carbonyl (C=O) groups is 1. The van der Waals surface area contributed by atoms with Gasteiger partial charge in [-0.05, 0) is 74.0 Å². The van der Waals surface area contributed by atoms with Crippen LogP contribution in [0.1, 0.15) is 49.2 Å². The van der Waals surface area contributed by atoms with Gasteiger partial charge in [0.25, 0.3) is 5.91 Å². The quantitative estimate of drug-likeness (QED) is 0.242. The number of thiophene rings is 1. The number of benzene rings is 2. The van der Waals surface area contributed by atoms with Gasteiger partial charge in [0.05, 0.1) is 29.7 Å². The molecule has 0 fully saturated rings. The second-order valence-electron chi connectivity index (χ2n) is 8.28. The van der Waals surface area contributed by atoms with Crippen LogP contribution in [0.4, 0.5) is 11.4 Å². The Kier molecular flexibility index (Phi) is 8.46. The van der Waals surface area contributed by atoms with Crippen LogP contribution in [0.15, 0.2) is 60.0 Å². The highest BCUT2D eigenvalue weighted by molar-refractivity contribution is 7.33. The Hall–Kier alpha value is -2.48. The molecule has 0 saturated heterocycles. The average molecular weight is 489 g/mol. The number of hydrogen-bond donors (Lipinski definition) is 3. The van der Waals surface area contributed by atoms with Gasteiger partial charge in [-0.2, -0.15) is 0 Å². The lowest BCUT2D eigenvalue weighted by atomic mass is 10.1. The van der Waals surface area contributed by atoms with E-state index in [1.807, 2.05) is 29.6 Å². The zero-order chi connectivity index (χ0) is 24.0. The Morgan fingerprint density at radius 1 is 1.21 bits per heavy atom.